The molecule has 1 aliphatic carbocycles. The number of nitrogens with zero attached hydrogens (tertiary/aromatic N) is 1. The molecular formula is C15H28N2OS. The highest BCUT2D eigenvalue weighted by molar-refractivity contribution is 7.99. The molecule has 110 valence electrons. The van der Waals surface area contributed by atoms with Gasteiger partial charge in [-0.05, 0) is 50.3 Å². The molecule has 3 atom stereocenters. The van der Waals surface area contributed by atoms with Crippen LogP contribution in [0.25, 0.3) is 0 Å². The van der Waals surface area contributed by atoms with Crippen molar-refractivity contribution in [3.05, 3.63) is 0 Å². The molecular weight excluding hydrogens is 256 g/mol. The Bertz CT molecular complexity index is 292. The lowest BCUT2D eigenvalue weighted by atomic mass is 9.86. The van der Waals surface area contributed by atoms with Crippen LogP contribution in [0.1, 0.15) is 52.4 Å². The van der Waals surface area contributed by atoms with Crippen molar-refractivity contribution in [1.29, 1.82) is 5.26 Å². The quantitative estimate of drug-likeness (QED) is 0.683. The van der Waals surface area contributed by atoms with Crippen molar-refractivity contribution in [2.75, 3.05) is 18.9 Å². The highest BCUT2D eigenvalue weighted by Crippen LogP contribution is 2.38. The second-order valence-corrected chi connectivity index (χ2v) is 7.13. The molecule has 1 fully saturated rings. The summed E-state index contributed by atoms with van der Waals surface area (Å²) in [7, 11) is 0. The number of nitriles is 1. The topological polar surface area (TPSA) is 56.0 Å². The first-order chi connectivity index (χ1) is 9.18. The zero-order valence-electron chi connectivity index (χ0n) is 12.3. The van der Waals surface area contributed by atoms with Gasteiger partial charge < -0.3 is 5.11 Å². The van der Waals surface area contributed by atoms with Gasteiger partial charge in [0.1, 0.15) is 5.54 Å². The Labute approximate surface area is 122 Å². The Hall–Kier alpha value is -0.240. The molecule has 0 aromatic heterocycles. The third kappa shape index (κ3) is 4.98. The molecule has 3 unspecified atom stereocenters. The molecule has 2 N–H and O–H groups in total. The first-order valence-corrected chi connectivity index (χ1v) is 8.62. The van der Waals surface area contributed by atoms with Gasteiger partial charge in [-0.15, -0.1) is 0 Å². The third-order valence-electron chi connectivity index (χ3n) is 4.11. The Kier molecular flexibility index (Phi) is 7.82. The molecule has 3 nitrogen and oxygen atoms in total. The van der Waals surface area contributed by atoms with E-state index in [4.69, 9.17) is 5.11 Å². The van der Waals surface area contributed by atoms with Gasteiger partial charge in [0, 0.05) is 11.9 Å². The molecule has 0 saturated heterocycles. The molecule has 0 aromatic rings. The molecule has 0 aromatic carbocycles. The maximum absolute atomic E-state index is 9.55. The first kappa shape index (κ1) is 16.8. The normalized spacial score (nSPS) is 28.2. The van der Waals surface area contributed by atoms with Gasteiger partial charge in [0.2, 0.25) is 0 Å². The molecule has 0 heterocycles. The van der Waals surface area contributed by atoms with Crippen LogP contribution in [0, 0.1) is 17.2 Å². The van der Waals surface area contributed by atoms with E-state index in [1.165, 1.54) is 12.8 Å². The molecule has 0 radical (unpaired) electrons. The first-order valence-electron chi connectivity index (χ1n) is 7.57. The Morgan fingerprint density at radius 3 is 3.00 bits per heavy atom. The molecule has 1 aliphatic rings. The summed E-state index contributed by atoms with van der Waals surface area (Å²) >= 11 is 1.93. The third-order valence-corrected chi connectivity index (χ3v) is 5.39. The zero-order valence-corrected chi connectivity index (χ0v) is 13.1. The van der Waals surface area contributed by atoms with Crippen molar-refractivity contribution in [1.82, 2.24) is 5.32 Å². The van der Waals surface area contributed by atoms with E-state index in [2.05, 4.69) is 25.2 Å². The molecule has 0 aliphatic heterocycles. The lowest BCUT2D eigenvalue weighted by Gasteiger charge is -2.30. The van der Waals surface area contributed by atoms with Gasteiger partial charge in [-0.1, -0.05) is 20.3 Å². The van der Waals surface area contributed by atoms with E-state index in [0.717, 1.165) is 38.0 Å². The molecule has 0 bridgehead atoms. The van der Waals surface area contributed by atoms with Crippen LogP contribution in [0.2, 0.25) is 0 Å². The van der Waals surface area contributed by atoms with Crippen molar-refractivity contribution in [2.45, 2.75) is 63.2 Å². The minimum absolute atomic E-state index is 0.267. The number of aliphatic hydroxyl groups excluding tert-OH is 1. The van der Waals surface area contributed by atoms with E-state index in [-0.39, 0.29) is 12.1 Å². The Morgan fingerprint density at radius 2 is 2.37 bits per heavy atom. The molecule has 1 rings (SSSR count). The van der Waals surface area contributed by atoms with E-state index in [1.807, 2.05) is 11.8 Å². The number of hydrogen-bond acceptors (Lipinski definition) is 4. The van der Waals surface area contributed by atoms with Crippen LogP contribution in [-0.2, 0) is 0 Å². The molecule has 0 spiro atoms. The van der Waals surface area contributed by atoms with Gasteiger partial charge in [-0.3, -0.25) is 5.32 Å². The molecule has 1 saturated carbocycles. The SMILES string of the molecule is CCCNC1(C#N)CCCC1CCSC(C)CCO. The Balaban J connectivity index is 2.40. The number of hydrogen-bond donors (Lipinski definition) is 2. The summed E-state index contributed by atoms with van der Waals surface area (Å²) in [6.07, 6.45) is 6.42. The van der Waals surface area contributed by atoms with E-state index in [9.17, 15) is 5.26 Å². The van der Waals surface area contributed by atoms with E-state index in [1.54, 1.807) is 0 Å². The van der Waals surface area contributed by atoms with Gasteiger partial charge >= 0.3 is 0 Å². The minimum atomic E-state index is -0.267. The average Bonchev–Trinajstić information content (AvgIpc) is 2.80. The fraction of sp³-hybridized carbons (Fsp3) is 0.933. The average molecular weight is 284 g/mol. The molecule has 0 amide bonds. The lowest BCUT2D eigenvalue weighted by molar-refractivity contribution is 0.288. The smallest absolute Gasteiger partial charge is 0.109 e. The van der Waals surface area contributed by atoms with Crippen LogP contribution in [-0.4, -0.2) is 34.8 Å². The van der Waals surface area contributed by atoms with Crippen molar-refractivity contribution in [3.8, 4) is 6.07 Å². The van der Waals surface area contributed by atoms with Crippen molar-refractivity contribution >= 4 is 11.8 Å². The Morgan fingerprint density at radius 1 is 1.58 bits per heavy atom. The van der Waals surface area contributed by atoms with Crippen molar-refractivity contribution in [3.63, 3.8) is 0 Å². The van der Waals surface area contributed by atoms with Crippen LogP contribution in [0.15, 0.2) is 0 Å². The standard InChI is InChI=1S/C15H28N2OS/c1-3-9-17-15(12-16)8-4-5-14(15)7-11-19-13(2)6-10-18/h13-14,17-18H,3-11H2,1-2H3. The van der Waals surface area contributed by atoms with Gasteiger partial charge in [0.15, 0.2) is 0 Å². The maximum atomic E-state index is 9.55. The van der Waals surface area contributed by atoms with Crippen LogP contribution >= 0.6 is 11.8 Å². The summed E-state index contributed by atoms with van der Waals surface area (Å²) in [4.78, 5) is 0. The van der Waals surface area contributed by atoms with Gasteiger partial charge in [0.05, 0.1) is 6.07 Å². The monoisotopic (exact) mass is 284 g/mol. The number of rotatable bonds is 9. The predicted octanol–water partition coefficient (Wildman–Crippen LogP) is 2.94. The van der Waals surface area contributed by atoms with Gasteiger partial charge in [-0.2, -0.15) is 17.0 Å². The van der Waals surface area contributed by atoms with E-state index < -0.39 is 0 Å². The number of thioether (sulfide) groups is 1. The lowest BCUT2D eigenvalue weighted by Crippen LogP contribution is -2.47. The van der Waals surface area contributed by atoms with Crippen LogP contribution in [0.5, 0.6) is 0 Å². The summed E-state index contributed by atoms with van der Waals surface area (Å²) in [5, 5.41) is 22.5. The van der Waals surface area contributed by atoms with Crippen LogP contribution in [0.4, 0.5) is 0 Å². The summed E-state index contributed by atoms with van der Waals surface area (Å²) in [6, 6.07) is 2.57. The second kappa shape index (κ2) is 8.84. The number of nitrogens with one attached hydrogen (secondary N) is 1. The summed E-state index contributed by atoms with van der Waals surface area (Å²) in [5.41, 5.74) is -0.267. The molecule has 4 heteroatoms. The van der Waals surface area contributed by atoms with Crippen molar-refractivity contribution < 1.29 is 5.11 Å². The predicted molar refractivity (Wildman–Crippen MR) is 82.2 cm³/mol. The summed E-state index contributed by atoms with van der Waals surface area (Å²) in [5.74, 6) is 1.60. The largest absolute Gasteiger partial charge is 0.396 e. The highest BCUT2D eigenvalue weighted by Gasteiger charge is 2.42. The van der Waals surface area contributed by atoms with Gasteiger partial charge in [0.25, 0.3) is 0 Å². The fourth-order valence-corrected chi connectivity index (χ4v) is 4.01. The van der Waals surface area contributed by atoms with Crippen LogP contribution in [0.3, 0.4) is 0 Å². The zero-order chi connectivity index (χ0) is 14.1. The maximum Gasteiger partial charge on any atom is 0.109 e. The van der Waals surface area contributed by atoms with E-state index in [0.29, 0.717) is 11.2 Å². The van der Waals surface area contributed by atoms with Gasteiger partial charge in [-0.25, -0.2) is 0 Å². The molecule has 19 heavy (non-hydrogen) atoms. The summed E-state index contributed by atoms with van der Waals surface area (Å²) in [6.45, 7) is 5.53. The second-order valence-electron chi connectivity index (χ2n) is 5.58. The van der Waals surface area contributed by atoms with Crippen molar-refractivity contribution in [2.24, 2.45) is 5.92 Å². The van der Waals surface area contributed by atoms with Crippen LogP contribution < -0.4 is 5.32 Å². The number of aliphatic hydroxyl groups is 1. The van der Waals surface area contributed by atoms with E-state index >= 15 is 0 Å². The summed E-state index contributed by atoms with van der Waals surface area (Å²) < 4.78 is 0. The fourth-order valence-electron chi connectivity index (χ4n) is 2.91. The highest BCUT2D eigenvalue weighted by atomic mass is 32.2. The minimum Gasteiger partial charge on any atom is -0.396 e.